The third-order valence-corrected chi connectivity index (χ3v) is 2.78. The molecule has 0 spiro atoms. The Labute approximate surface area is 110 Å². The maximum Gasteiger partial charge on any atom is 0.416 e. The molecular weight excluding hydrogens is 257 g/mol. The monoisotopic (exact) mass is 272 g/mol. The predicted octanol–water partition coefficient (Wildman–Crippen LogP) is 2.85. The highest BCUT2D eigenvalue weighted by atomic mass is 19.4. The summed E-state index contributed by atoms with van der Waals surface area (Å²) in [6.45, 7) is 0.337. The van der Waals surface area contributed by atoms with Crippen LogP contribution in [-0.4, -0.2) is 32.2 Å². The Kier molecular flexibility index (Phi) is 5.33. The molecule has 19 heavy (non-hydrogen) atoms. The first-order valence-electron chi connectivity index (χ1n) is 5.63. The minimum absolute atomic E-state index is 0.115. The van der Waals surface area contributed by atoms with Gasteiger partial charge in [-0.1, -0.05) is 12.1 Å². The topological polar surface area (TPSA) is 36.3 Å². The van der Waals surface area contributed by atoms with E-state index in [1.165, 1.54) is 13.2 Å². The molecule has 1 aromatic rings. The van der Waals surface area contributed by atoms with Crippen molar-refractivity contribution in [3.05, 3.63) is 35.4 Å². The van der Waals surface area contributed by atoms with E-state index in [1.807, 2.05) is 6.07 Å². The van der Waals surface area contributed by atoms with Crippen molar-refractivity contribution in [1.29, 1.82) is 5.26 Å². The molecule has 1 atom stereocenters. The second-order valence-electron chi connectivity index (χ2n) is 4.17. The first kappa shape index (κ1) is 15.5. The van der Waals surface area contributed by atoms with Gasteiger partial charge >= 0.3 is 6.18 Å². The zero-order chi connectivity index (χ0) is 14.5. The zero-order valence-electron chi connectivity index (χ0n) is 10.7. The van der Waals surface area contributed by atoms with E-state index in [0.717, 1.165) is 12.1 Å². The van der Waals surface area contributed by atoms with Gasteiger partial charge in [0.05, 0.1) is 30.8 Å². The molecule has 6 heteroatoms. The van der Waals surface area contributed by atoms with Gasteiger partial charge in [0.25, 0.3) is 0 Å². The SMILES string of the molecule is COC[C@@H](c1cccc(C(F)(F)F)c1)N(C)CC#N. The second-order valence-corrected chi connectivity index (χ2v) is 4.17. The number of hydrogen-bond donors (Lipinski definition) is 0. The Hall–Kier alpha value is -1.58. The maximum atomic E-state index is 12.7. The van der Waals surface area contributed by atoms with Crippen molar-refractivity contribution in [2.75, 3.05) is 27.3 Å². The minimum atomic E-state index is -4.37. The van der Waals surface area contributed by atoms with Crippen LogP contribution in [0.4, 0.5) is 13.2 Å². The lowest BCUT2D eigenvalue weighted by Crippen LogP contribution is -2.28. The van der Waals surface area contributed by atoms with Crippen molar-refractivity contribution in [2.24, 2.45) is 0 Å². The van der Waals surface area contributed by atoms with Crippen LogP contribution in [0, 0.1) is 11.3 Å². The molecule has 0 aliphatic rings. The van der Waals surface area contributed by atoms with E-state index in [0.29, 0.717) is 5.56 Å². The summed E-state index contributed by atoms with van der Waals surface area (Å²) in [6.07, 6.45) is -4.37. The number of benzene rings is 1. The molecular formula is C13H15F3N2O. The third-order valence-electron chi connectivity index (χ3n) is 2.78. The van der Waals surface area contributed by atoms with Gasteiger partial charge in [-0.25, -0.2) is 0 Å². The molecule has 0 N–H and O–H groups in total. The van der Waals surface area contributed by atoms with E-state index in [9.17, 15) is 13.2 Å². The van der Waals surface area contributed by atoms with Crippen LogP contribution in [0.25, 0.3) is 0 Å². The summed E-state index contributed by atoms with van der Waals surface area (Å²) in [5.74, 6) is 0. The molecule has 0 saturated heterocycles. The van der Waals surface area contributed by atoms with Crippen LogP contribution in [-0.2, 0) is 10.9 Å². The Balaban J connectivity index is 3.06. The number of halogens is 3. The molecule has 0 bridgehead atoms. The molecule has 104 valence electrons. The van der Waals surface area contributed by atoms with E-state index < -0.39 is 11.7 Å². The third kappa shape index (κ3) is 4.23. The number of likely N-dealkylation sites (N-methyl/N-ethyl adjacent to an activating group) is 1. The fourth-order valence-corrected chi connectivity index (χ4v) is 1.78. The summed E-state index contributed by atoms with van der Waals surface area (Å²) in [5.41, 5.74) is -0.217. The van der Waals surface area contributed by atoms with Gasteiger partial charge in [-0.15, -0.1) is 0 Å². The number of nitriles is 1. The van der Waals surface area contributed by atoms with Crippen LogP contribution in [0.15, 0.2) is 24.3 Å². The lowest BCUT2D eigenvalue weighted by Gasteiger charge is -2.26. The highest BCUT2D eigenvalue weighted by Crippen LogP contribution is 2.31. The summed E-state index contributed by atoms with van der Waals surface area (Å²) in [6, 6.07) is 6.67. The Morgan fingerprint density at radius 1 is 1.42 bits per heavy atom. The summed E-state index contributed by atoms with van der Waals surface area (Å²) >= 11 is 0. The number of ether oxygens (including phenoxy) is 1. The first-order valence-corrected chi connectivity index (χ1v) is 5.63. The lowest BCUT2D eigenvalue weighted by atomic mass is 10.0. The fraction of sp³-hybridized carbons (Fsp3) is 0.462. The largest absolute Gasteiger partial charge is 0.416 e. The zero-order valence-corrected chi connectivity index (χ0v) is 10.7. The van der Waals surface area contributed by atoms with E-state index in [2.05, 4.69) is 0 Å². The van der Waals surface area contributed by atoms with Crippen LogP contribution in [0.5, 0.6) is 0 Å². The van der Waals surface area contributed by atoms with Crippen LogP contribution in [0.2, 0.25) is 0 Å². The van der Waals surface area contributed by atoms with Gasteiger partial charge < -0.3 is 4.74 Å². The van der Waals surface area contributed by atoms with Gasteiger partial charge in [0.1, 0.15) is 0 Å². The predicted molar refractivity (Wildman–Crippen MR) is 64.3 cm³/mol. The van der Waals surface area contributed by atoms with Gasteiger partial charge in [0.2, 0.25) is 0 Å². The summed E-state index contributed by atoms with van der Waals surface area (Å²) in [4.78, 5) is 1.65. The standard InChI is InChI=1S/C13H15F3N2O/c1-18(7-6-17)12(9-19-2)10-4-3-5-11(8-10)13(14,15)16/h3-5,8,12H,7,9H2,1-2H3/t12-/m0/s1. The Morgan fingerprint density at radius 3 is 2.63 bits per heavy atom. The number of methoxy groups -OCH3 is 1. The number of alkyl halides is 3. The minimum Gasteiger partial charge on any atom is -0.383 e. The molecule has 0 aromatic heterocycles. The van der Waals surface area contributed by atoms with Crippen LogP contribution < -0.4 is 0 Å². The van der Waals surface area contributed by atoms with E-state index in [-0.39, 0.29) is 19.2 Å². The molecule has 0 fully saturated rings. The average Bonchev–Trinajstić information content (AvgIpc) is 2.35. The Bertz CT molecular complexity index is 454. The van der Waals surface area contributed by atoms with Crippen LogP contribution in [0.3, 0.4) is 0 Å². The van der Waals surface area contributed by atoms with E-state index in [4.69, 9.17) is 10.00 Å². The Morgan fingerprint density at radius 2 is 2.11 bits per heavy atom. The van der Waals surface area contributed by atoms with Crippen molar-refractivity contribution in [3.63, 3.8) is 0 Å². The van der Waals surface area contributed by atoms with Crippen molar-refractivity contribution < 1.29 is 17.9 Å². The lowest BCUT2D eigenvalue weighted by molar-refractivity contribution is -0.137. The van der Waals surface area contributed by atoms with Crippen LogP contribution in [0.1, 0.15) is 17.2 Å². The van der Waals surface area contributed by atoms with Crippen molar-refractivity contribution in [2.45, 2.75) is 12.2 Å². The highest BCUT2D eigenvalue weighted by molar-refractivity contribution is 5.28. The normalized spacial score (nSPS) is 13.3. The maximum absolute atomic E-state index is 12.7. The quantitative estimate of drug-likeness (QED) is 0.773. The smallest absolute Gasteiger partial charge is 0.383 e. The molecule has 0 saturated carbocycles. The van der Waals surface area contributed by atoms with Gasteiger partial charge in [-0.2, -0.15) is 18.4 Å². The molecule has 1 aromatic carbocycles. The number of hydrogen-bond acceptors (Lipinski definition) is 3. The molecule has 1 rings (SSSR count). The van der Waals surface area contributed by atoms with Crippen molar-refractivity contribution in [3.8, 4) is 6.07 Å². The summed E-state index contributed by atoms with van der Waals surface area (Å²) in [7, 11) is 3.15. The molecule has 0 unspecified atom stereocenters. The number of nitrogens with zero attached hydrogens (tertiary/aromatic N) is 2. The summed E-state index contributed by atoms with van der Waals surface area (Å²) in [5, 5.41) is 8.67. The fourth-order valence-electron chi connectivity index (χ4n) is 1.78. The molecule has 0 amide bonds. The van der Waals surface area contributed by atoms with Gasteiger partial charge in [0, 0.05) is 7.11 Å². The van der Waals surface area contributed by atoms with Gasteiger partial charge in [0.15, 0.2) is 0 Å². The van der Waals surface area contributed by atoms with Gasteiger partial charge in [-0.05, 0) is 24.7 Å². The van der Waals surface area contributed by atoms with Crippen molar-refractivity contribution in [1.82, 2.24) is 4.90 Å². The molecule has 0 radical (unpaired) electrons. The number of rotatable bonds is 5. The summed E-state index contributed by atoms with van der Waals surface area (Å²) < 4.78 is 43.0. The molecule has 3 nitrogen and oxygen atoms in total. The average molecular weight is 272 g/mol. The second kappa shape index (κ2) is 6.55. The first-order chi connectivity index (χ1) is 8.90. The van der Waals surface area contributed by atoms with E-state index >= 15 is 0 Å². The molecule has 0 aliphatic heterocycles. The van der Waals surface area contributed by atoms with E-state index in [1.54, 1.807) is 18.0 Å². The molecule has 0 heterocycles. The van der Waals surface area contributed by atoms with Crippen LogP contribution >= 0.6 is 0 Å². The van der Waals surface area contributed by atoms with Gasteiger partial charge in [-0.3, -0.25) is 4.90 Å². The highest BCUT2D eigenvalue weighted by Gasteiger charge is 2.31. The van der Waals surface area contributed by atoms with Crippen molar-refractivity contribution >= 4 is 0 Å². The molecule has 0 aliphatic carbocycles.